The molecular weight excluding hydrogens is 348 g/mol. The molecule has 6 heteroatoms. The van der Waals surface area contributed by atoms with E-state index in [9.17, 15) is 14.4 Å². The molecule has 6 nitrogen and oxygen atoms in total. The molecule has 0 unspecified atom stereocenters. The lowest BCUT2D eigenvalue weighted by Gasteiger charge is -2.05. The largest absolute Gasteiger partial charge is 0.466 e. The average Bonchev–Trinajstić information content (AvgIpc) is 2.57. The number of rotatable bonds is 9. The second kappa shape index (κ2) is 20.7. The predicted octanol–water partition coefficient (Wildman–Crippen LogP) is 4.79. The lowest BCUT2D eigenvalue weighted by atomic mass is 10.2. The van der Waals surface area contributed by atoms with Crippen LogP contribution in [0.1, 0.15) is 81.6 Å². The standard InChI is InChI=1S/C8H16O2.C7H14O2.C6H12O2/c1-4-5-8(9)10-6-7(2)3;1-4-7(8)9-5-6(2)3;1-5(2)4-8-6(3)7/h7H,4-6H2,1-3H3;6H,4-5H2,1-3H3;5H,4H2,1-3H3. The molecule has 0 bridgehead atoms. The highest BCUT2D eigenvalue weighted by Gasteiger charge is 2.01. The Hall–Kier alpha value is -1.59. The Morgan fingerprint density at radius 1 is 0.667 bits per heavy atom. The van der Waals surface area contributed by atoms with Crippen LogP contribution in [0.25, 0.3) is 0 Å². The number of esters is 3. The molecule has 0 heterocycles. The molecule has 0 N–H and O–H groups in total. The van der Waals surface area contributed by atoms with Crippen molar-refractivity contribution >= 4 is 17.9 Å². The van der Waals surface area contributed by atoms with E-state index in [1.54, 1.807) is 6.92 Å². The number of hydrogen-bond donors (Lipinski definition) is 0. The first-order chi connectivity index (χ1) is 12.5. The zero-order chi connectivity index (χ0) is 21.8. The van der Waals surface area contributed by atoms with E-state index in [1.807, 2.05) is 48.5 Å². The molecule has 0 saturated heterocycles. The molecule has 0 aliphatic rings. The number of hydrogen-bond acceptors (Lipinski definition) is 6. The Balaban J connectivity index is -0.000000322. The van der Waals surface area contributed by atoms with Crippen LogP contribution in [0.4, 0.5) is 0 Å². The molecule has 0 aromatic rings. The summed E-state index contributed by atoms with van der Waals surface area (Å²) >= 11 is 0. The molecule has 0 aromatic carbocycles. The van der Waals surface area contributed by atoms with Crippen LogP contribution in [0.2, 0.25) is 0 Å². The highest BCUT2D eigenvalue weighted by atomic mass is 16.5. The van der Waals surface area contributed by atoms with Gasteiger partial charge in [-0.15, -0.1) is 0 Å². The van der Waals surface area contributed by atoms with Gasteiger partial charge in [0, 0.05) is 19.8 Å². The molecular formula is C21H42O6. The zero-order valence-electron chi connectivity index (χ0n) is 18.9. The maximum atomic E-state index is 10.7. The fourth-order valence-corrected chi connectivity index (χ4v) is 1.18. The SMILES string of the molecule is CC(=O)OCC(C)C.CCC(=O)OCC(C)C.CCCC(=O)OCC(C)C. The van der Waals surface area contributed by atoms with Crippen LogP contribution in [0.5, 0.6) is 0 Å². The molecule has 0 spiro atoms. The second-order valence-electron chi connectivity index (χ2n) is 7.45. The first kappa shape index (κ1) is 30.1. The van der Waals surface area contributed by atoms with E-state index in [0.717, 1.165) is 6.42 Å². The van der Waals surface area contributed by atoms with Gasteiger partial charge in [-0.2, -0.15) is 0 Å². The molecule has 0 fully saturated rings. The molecule has 162 valence electrons. The average molecular weight is 391 g/mol. The Labute approximate surface area is 166 Å². The maximum absolute atomic E-state index is 10.7. The van der Waals surface area contributed by atoms with Gasteiger partial charge in [0.1, 0.15) is 0 Å². The van der Waals surface area contributed by atoms with E-state index in [4.69, 9.17) is 9.47 Å². The molecule has 0 aromatic heterocycles. The van der Waals surface area contributed by atoms with Crippen molar-refractivity contribution in [2.75, 3.05) is 19.8 Å². The third-order valence-corrected chi connectivity index (χ3v) is 2.52. The van der Waals surface area contributed by atoms with Crippen molar-refractivity contribution in [3.05, 3.63) is 0 Å². The molecule has 0 atom stereocenters. The van der Waals surface area contributed by atoms with Crippen LogP contribution < -0.4 is 0 Å². The van der Waals surface area contributed by atoms with Crippen LogP contribution >= 0.6 is 0 Å². The summed E-state index contributed by atoms with van der Waals surface area (Å²) in [6.45, 7) is 18.9. The Bertz CT molecular complexity index is 375. The van der Waals surface area contributed by atoms with Crippen LogP contribution in [0.3, 0.4) is 0 Å². The summed E-state index contributed by atoms with van der Waals surface area (Å²) in [5, 5.41) is 0. The zero-order valence-corrected chi connectivity index (χ0v) is 18.9. The minimum atomic E-state index is -0.196. The summed E-state index contributed by atoms with van der Waals surface area (Å²) < 4.78 is 14.4. The van der Waals surface area contributed by atoms with E-state index in [0.29, 0.717) is 50.4 Å². The van der Waals surface area contributed by atoms with Crippen molar-refractivity contribution < 1.29 is 28.6 Å². The lowest BCUT2D eigenvalue weighted by molar-refractivity contribution is -0.145. The summed E-state index contributed by atoms with van der Waals surface area (Å²) in [6.07, 6.45) is 1.90. The first-order valence-electron chi connectivity index (χ1n) is 9.90. The van der Waals surface area contributed by atoms with Crippen molar-refractivity contribution in [3.63, 3.8) is 0 Å². The fourth-order valence-electron chi connectivity index (χ4n) is 1.18. The smallest absolute Gasteiger partial charge is 0.305 e. The number of ether oxygens (including phenoxy) is 3. The quantitative estimate of drug-likeness (QED) is 0.416. The second-order valence-corrected chi connectivity index (χ2v) is 7.45. The van der Waals surface area contributed by atoms with Crippen LogP contribution in [-0.2, 0) is 28.6 Å². The summed E-state index contributed by atoms with van der Waals surface area (Å²) in [6, 6.07) is 0. The van der Waals surface area contributed by atoms with Crippen LogP contribution in [0, 0.1) is 17.8 Å². The van der Waals surface area contributed by atoms with Crippen LogP contribution in [0.15, 0.2) is 0 Å². The van der Waals surface area contributed by atoms with Gasteiger partial charge in [0.05, 0.1) is 19.8 Å². The molecule has 0 rings (SSSR count). The van der Waals surface area contributed by atoms with Gasteiger partial charge < -0.3 is 14.2 Å². The van der Waals surface area contributed by atoms with Gasteiger partial charge in [0.2, 0.25) is 0 Å². The maximum Gasteiger partial charge on any atom is 0.305 e. The van der Waals surface area contributed by atoms with E-state index >= 15 is 0 Å². The summed E-state index contributed by atoms with van der Waals surface area (Å²) in [5.41, 5.74) is 0. The Morgan fingerprint density at radius 3 is 1.30 bits per heavy atom. The summed E-state index contributed by atoms with van der Waals surface area (Å²) in [4.78, 5) is 31.3. The van der Waals surface area contributed by atoms with E-state index in [1.165, 1.54) is 6.92 Å². The summed E-state index contributed by atoms with van der Waals surface area (Å²) in [5.74, 6) is 0.957. The molecule has 0 radical (unpaired) electrons. The van der Waals surface area contributed by atoms with Crippen molar-refractivity contribution in [2.45, 2.75) is 81.6 Å². The summed E-state index contributed by atoms with van der Waals surface area (Å²) in [7, 11) is 0. The van der Waals surface area contributed by atoms with Gasteiger partial charge in [-0.3, -0.25) is 14.4 Å². The van der Waals surface area contributed by atoms with E-state index in [-0.39, 0.29) is 17.9 Å². The van der Waals surface area contributed by atoms with Crippen molar-refractivity contribution in [1.29, 1.82) is 0 Å². The van der Waals surface area contributed by atoms with Gasteiger partial charge in [0.15, 0.2) is 0 Å². The predicted molar refractivity (Wildman–Crippen MR) is 108 cm³/mol. The van der Waals surface area contributed by atoms with Crippen molar-refractivity contribution in [2.24, 2.45) is 17.8 Å². The van der Waals surface area contributed by atoms with Gasteiger partial charge >= 0.3 is 17.9 Å². The third-order valence-electron chi connectivity index (χ3n) is 2.52. The molecule has 0 saturated carbocycles. The topological polar surface area (TPSA) is 78.9 Å². The Morgan fingerprint density at radius 2 is 1.04 bits per heavy atom. The third kappa shape index (κ3) is 36.2. The molecule has 0 aliphatic heterocycles. The monoisotopic (exact) mass is 390 g/mol. The minimum Gasteiger partial charge on any atom is -0.466 e. The van der Waals surface area contributed by atoms with Crippen LogP contribution in [-0.4, -0.2) is 37.7 Å². The van der Waals surface area contributed by atoms with E-state index in [2.05, 4.69) is 4.74 Å². The number of carbonyl (C=O) groups excluding carboxylic acids is 3. The molecule has 27 heavy (non-hydrogen) atoms. The van der Waals surface area contributed by atoms with E-state index < -0.39 is 0 Å². The highest BCUT2D eigenvalue weighted by Crippen LogP contribution is 1.96. The van der Waals surface area contributed by atoms with Crippen molar-refractivity contribution in [1.82, 2.24) is 0 Å². The van der Waals surface area contributed by atoms with Gasteiger partial charge in [-0.1, -0.05) is 55.4 Å². The van der Waals surface area contributed by atoms with Gasteiger partial charge in [0.25, 0.3) is 0 Å². The minimum absolute atomic E-state index is 0.0730. The van der Waals surface area contributed by atoms with Gasteiger partial charge in [-0.05, 0) is 24.2 Å². The number of carbonyl (C=O) groups is 3. The lowest BCUT2D eigenvalue weighted by Crippen LogP contribution is -2.08. The fraction of sp³-hybridized carbons (Fsp3) is 0.857. The highest BCUT2D eigenvalue weighted by molar-refractivity contribution is 5.69. The van der Waals surface area contributed by atoms with Crippen molar-refractivity contribution in [3.8, 4) is 0 Å². The molecule has 0 aliphatic carbocycles. The first-order valence-corrected chi connectivity index (χ1v) is 9.90. The Kier molecular flexibility index (Phi) is 23.1. The van der Waals surface area contributed by atoms with Gasteiger partial charge in [-0.25, -0.2) is 0 Å². The molecule has 0 amide bonds. The normalized spacial score (nSPS) is 9.78.